The van der Waals surface area contributed by atoms with E-state index in [0.717, 1.165) is 12.8 Å². The molecule has 0 heterocycles. The zero-order chi connectivity index (χ0) is 15.9. The highest BCUT2D eigenvalue weighted by molar-refractivity contribution is 5.38. The smallest absolute Gasteiger partial charge is 0.0456 e. The standard InChI is InChI=1S/C22H16/c1-3-5-7-9-10-12-14-18-22-20-16-15-19-21(22)17-13-11-8-6-4-2/h14-15,18-19,21-22H,16,20H2,1-2H3. The predicted molar refractivity (Wildman–Crippen MR) is 92.5 cm³/mol. The van der Waals surface area contributed by atoms with Gasteiger partial charge in [-0.1, -0.05) is 41.9 Å². The van der Waals surface area contributed by atoms with E-state index < -0.39 is 0 Å². The molecule has 1 aliphatic rings. The van der Waals surface area contributed by atoms with Crippen LogP contribution in [-0.4, -0.2) is 0 Å². The molecule has 0 aliphatic heterocycles. The first-order valence-electron chi connectivity index (χ1n) is 7.06. The van der Waals surface area contributed by atoms with E-state index in [2.05, 4.69) is 89.3 Å². The molecule has 0 radical (unpaired) electrons. The topological polar surface area (TPSA) is 0 Å². The Bertz CT molecular complexity index is 795. The van der Waals surface area contributed by atoms with Gasteiger partial charge >= 0.3 is 0 Å². The summed E-state index contributed by atoms with van der Waals surface area (Å²) in [6, 6.07) is 0. The molecule has 0 amide bonds. The van der Waals surface area contributed by atoms with Crippen LogP contribution in [0.25, 0.3) is 0 Å². The maximum atomic E-state index is 3.18. The predicted octanol–water partition coefficient (Wildman–Crippen LogP) is 3.19. The molecule has 0 nitrogen and oxygen atoms in total. The lowest BCUT2D eigenvalue weighted by Crippen LogP contribution is -2.11. The molecule has 2 atom stereocenters. The molecule has 0 aromatic carbocycles. The Kier molecular flexibility index (Phi) is 8.94. The summed E-state index contributed by atoms with van der Waals surface area (Å²) in [4.78, 5) is 0. The molecule has 0 heteroatoms. The van der Waals surface area contributed by atoms with E-state index in [1.54, 1.807) is 13.8 Å². The van der Waals surface area contributed by atoms with Crippen molar-refractivity contribution in [3.63, 3.8) is 0 Å². The monoisotopic (exact) mass is 280 g/mol. The summed E-state index contributed by atoms with van der Waals surface area (Å²) in [7, 11) is 0. The fourth-order valence-corrected chi connectivity index (χ4v) is 1.84. The highest BCUT2D eigenvalue weighted by Crippen LogP contribution is 2.25. The average Bonchev–Trinajstić information content (AvgIpc) is 2.55. The Labute approximate surface area is 134 Å². The van der Waals surface area contributed by atoms with Gasteiger partial charge in [-0.15, -0.1) is 0 Å². The van der Waals surface area contributed by atoms with Crippen LogP contribution in [-0.2, 0) is 0 Å². The molecular weight excluding hydrogens is 264 g/mol. The van der Waals surface area contributed by atoms with Gasteiger partial charge in [0, 0.05) is 5.92 Å². The summed E-state index contributed by atoms with van der Waals surface area (Å²) in [6.07, 6.45) is 10.4. The average molecular weight is 280 g/mol. The lowest BCUT2D eigenvalue weighted by molar-refractivity contribution is 0.508. The van der Waals surface area contributed by atoms with Crippen molar-refractivity contribution in [3.8, 4) is 71.0 Å². The van der Waals surface area contributed by atoms with Gasteiger partial charge in [-0.3, -0.25) is 0 Å². The summed E-state index contributed by atoms with van der Waals surface area (Å²) in [5.74, 6) is 33.8. The maximum Gasteiger partial charge on any atom is 0.0456 e. The van der Waals surface area contributed by atoms with E-state index in [0.29, 0.717) is 5.92 Å². The highest BCUT2D eigenvalue weighted by atomic mass is 14.2. The normalized spacial score (nSPS) is 17.4. The van der Waals surface area contributed by atoms with Crippen molar-refractivity contribution in [1.82, 2.24) is 0 Å². The molecule has 0 bridgehead atoms. The fraction of sp³-hybridized carbons (Fsp3) is 0.273. The van der Waals surface area contributed by atoms with E-state index in [1.165, 1.54) is 0 Å². The van der Waals surface area contributed by atoms with Gasteiger partial charge in [0.1, 0.15) is 0 Å². The third kappa shape index (κ3) is 7.43. The summed E-state index contributed by atoms with van der Waals surface area (Å²) < 4.78 is 0. The molecule has 0 spiro atoms. The van der Waals surface area contributed by atoms with Crippen LogP contribution < -0.4 is 0 Å². The molecular formula is C22H16. The molecule has 1 aliphatic carbocycles. The van der Waals surface area contributed by atoms with E-state index in [1.807, 2.05) is 6.08 Å². The molecule has 0 fully saturated rings. The fourth-order valence-electron chi connectivity index (χ4n) is 1.84. The van der Waals surface area contributed by atoms with Crippen LogP contribution in [0.15, 0.2) is 24.3 Å². The number of hydrogen-bond donors (Lipinski definition) is 0. The van der Waals surface area contributed by atoms with Gasteiger partial charge in [-0.05, 0) is 86.0 Å². The molecule has 0 saturated carbocycles. The van der Waals surface area contributed by atoms with Crippen LogP contribution in [0.2, 0.25) is 0 Å². The minimum atomic E-state index is 0.188. The van der Waals surface area contributed by atoms with Crippen molar-refractivity contribution in [2.45, 2.75) is 26.7 Å². The SMILES string of the molecule is CC#CC#CC#CC=CC1CCC=CC1C#CC#CC#CC. The first-order valence-corrected chi connectivity index (χ1v) is 7.06. The van der Waals surface area contributed by atoms with Crippen molar-refractivity contribution >= 4 is 0 Å². The first-order chi connectivity index (χ1) is 10.9. The number of hydrogen-bond acceptors (Lipinski definition) is 0. The van der Waals surface area contributed by atoms with Crippen LogP contribution >= 0.6 is 0 Å². The molecule has 104 valence electrons. The van der Waals surface area contributed by atoms with Crippen molar-refractivity contribution < 1.29 is 0 Å². The summed E-state index contributed by atoms with van der Waals surface area (Å²) in [6.45, 7) is 3.51. The molecule has 0 N–H and O–H groups in total. The molecule has 22 heavy (non-hydrogen) atoms. The van der Waals surface area contributed by atoms with Gasteiger partial charge in [0.15, 0.2) is 0 Å². The molecule has 0 aromatic rings. The van der Waals surface area contributed by atoms with Crippen molar-refractivity contribution in [3.05, 3.63) is 24.3 Å². The van der Waals surface area contributed by atoms with Gasteiger partial charge in [0.2, 0.25) is 0 Å². The van der Waals surface area contributed by atoms with Crippen LogP contribution in [0, 0.1) is 82.9 Å². The van der Waals surface area contributed by atoms with E-state index in [-0.39, 0.29) is 5.92 Å². The van der Waals surface area contributed by atoms with Gasteiger partial charge in [0.25, 0.3) is 0 Å². The number of rotatable bonds is 1. The van der Waals surface area contributed by atoms with E-state index in [4.69, 9.17) is 0 Å². The quantitative estimate of drug-likeness (QED) is 0.511. The Hall–Kier alpha value is -3.16. The van der Waals surface area contributed by atoms with Crippen LogP contribution in [0.4, 0.5) is 0 Å². The van der Waals surface area contributed by atoms with Crippen LogP contribution in [0.1, 0.15) is 26.7 Å². The first kappa shape index (κ1) is 16.9. The number of allylic oxidation sites excluding steroid dienone is 4. The minimum Gasteiger partial charge on any atom is -0.0925 e. The van der Waals surface area contributed by atoms with E-state index in [9.17, 15) is 0 Å². The Balaban J connectivity index is 2.69. The Morgan fingerprint density at radius 3 is 2.27 bits per heavy atom. The summed E-state index contributed by atoms with van der Waals surface area (Å²) in [5.41, 5.74) is 0. The van der Waals surface area contributed by atoms with Crippen LogP contribution in [0.5, 0.6) is 0 Å². The second-order valence-corrected chi connectivity index (χ2v) is 4.34. The van der Waals surface area contributed by atoms with Gasteiger partial charge in [-0.25, -0.2) is 0 Å². The minimum absolute atomic E-state index is 0.188. The lowest BCUT2D eigenvalue weighted by atomic mass is 9.84. The molecule has 0 aromatic heterocycles. The van der Waals surface area contributed by atoms with Gasteiger partial charge < -0.3 is 0 Å². The maximum absolute atomic E-state index is 3.18. The summed E-state index contributed by atoms with van der Waals surface area (Å²) >= 11 is 0. The van der Waals surface area contributed by atoms with Crippen LogP contribution in [0.3, 0.4) is 0 Å². The zero-order valence-corrected chi connectivity index (χ0v) is 12.9. The van der Waals surface area contributed by atoms with Crippen molar-refractivity contribution in [2.75, 3.05) is 0 Å². The largest absolute Gasteiger partial charge is 0.0925 e. The second-order valence-electron chi connectivity index (χ2n) is 4.34. The van der Waals surface area contributed by atoms with Crippen molar-refractivity contribution in [2.24, 2.45) is 11.8 Å². The van der Waals surface area contributed by atoms with Gasteiger partial charge in [0.05, 0.1) is 0 Å². The zero-order valence-electron chi connectivity index (χ0n) is 12.9. The second kappa shape index (κ2) is 11.6. The Morgan fingerprint density at radius 2 is 1.55 bits per heavy atom. The highest BCUT2D eigenvalue weighted by Gasteiger charge is 2.16. The molecule has 2 unspecified atom stereocenters. The van der Waals surface area contributed by atoms with E-state index >= 15 is 0 Å². The third-order valence-corrected chi connectivity index (χ3v) is 2.83. The Morgan fingerprint density at radius 1 is 0.864 bits per heavy atom. The third-order valence-electron chi connectivity index (χ3n) is 2.83. The van der Waals surface area contributed by atoms with Gasteiger partial charge in [-0.2, -0.15) is 0 Å². The van der Waals surface area contributed by atoms with Crippen molar-refractivity contribution in [1.29, 1.82) is 0 Å². The summed E-state index contributed by atoms with van der Waals surface area (Å²) in [5, 5.41) is 0. The molecule has 0 saturated heterocycles. The lowest BCUT2D eigenvalue weighted by Gasteiger charge is -2.19. The molecule has 1 rings (SSSR count).